The Morgan fingerprint density at radius 1 is 1.18 bits per heavy atom. The molecular formula is C20H24N4O4. The number of hydrogen-bond donors (Lipinski definition) is 1. The highest BCUT2D eigenvalue weighted by Gasteiger charge is 2.21. The van der Waals surface area contributed by atoms with Gasteiger partial charge in [0, 0.05) is 29.3 Å². The zero-order valence-electron chi connectivity index (χ0n) is 16.3. The molecule has 1 aliphatic rings. The second-order valence-electron chi connectivity index (χ2n) is 7.20. The summed E-state index contributed by atoms with van der Waals surface area (Å²) in [7, 11) is 3.12. The second-order valence-corrected chi connectivity index (χ2v) is 7.20. The summed E-state index contributed by atoms with van der Waals surface area (Å²) >= 11 is 0. The van der Waals surface area contributed by atoms with E-state index < -0.39 is 0 Å². The molecular weight excluding hydrogens is 360 g/mol. The molecule has 0 radical (unpaired) electrons. The van der Waals surface area contributed by atoms with Gasteiger partial charge in [-0.25, -0.2) is 4.52 Å². The van der Waals surface area contributed by atoms with Gasteiger partial charge in [-0.3, -0.25) is 14.3 Å². The van der Waals surface area contributed by atoms with E-state index in [1.165, 1.54) is 6.07 Å². The smallest absolute Gasteiger partial charge is 0.273 e. The number of methoxy groups -OCH3 is 2. The van der Waals surface area contributed by atoms with E-state index in [1.54, 1.807) is 24.8 Å². The Morgan fingerprint density at radius 3 is 2.54 bits per heavy atom. The van der Waals surface area contributed by atoms with Crippen LogP contribution in [0.25, 0.3) is 16.6 Å². The summed E-state index contributed by atoms with van der Waals surface area (Å²) in [5.41, 5.74) is 1.63. The van der Waals surface area contributed by atoms with Crippen molar-refractivity contribution in [2.75, 3.05) is 14.2 Å². The van der Waals surface area contributed by atoms with Gasteiger partial charge in [-0.15, -0.1) is 0 Å². The number of nitrogens with one attached hydrogen (secondary N) is 1. The van der Waals surface area contributed by atoms with Crippen LogP contribution in [-0.4, -0.2) is 40.3 Å². The summed E-state index contributed by atoms with van der Waals surface area (Å²) in [5.74, 6) is 1.04. The fraction of sp³-hybridized carbons (Fsp3) is 0.450. The number of aryl methyl sites for hydroxylation is 1. The number of aromatic nitrogens is 3. The minimum Gasteiger partial charge on any atom is -0.493 e. The fourth-order valence-corrected chi connectivity index (χ4v) is 4.07. The van der Waals surface area contributed by atoms with E-state index in [2.05, 4.69) is 10.3 Å². The molecule has 3 aromatic rings. The number of rotatable bonds is 5. The lowest BCUT2D eigenvalue weighted by molar-refractivity contribution is -0.122. The van der Waals surface area contributed by atoms with Crippen LogP contribution in [0.15, 0.2) is 23.0 Å². The number of benzene rings is 1. The zero-order valence-corrected chi connectivity index (χ0v) is 16.3. The Bertz CT molecular complexity index is 1110. The number of fused-ring (bicyclic) bond motifs is 3. The molecule has 4 rings (SSSR count). The van der Waals surface area contributed by atoms with Crippen molar-refractivity contribution in [1.29, 1.82) is 0 Å². The van der Waals surface area contributed by atoms with E-state index in [0.29, 0.717) is 22.8 Å². The maximum Gasteiger partial charge on any atom is 0.273 e. The SMILES string of the molecule is COc1cc2c(cc1OC)n(CC(=O)NC1CCCC1)n1c(C)cc(=O)nc21. The van der Waals surface area contributed by atoms with Gasteiger partial charge in [-0.05, 0) is 25.8 Å². The van der Waals surface area contributed by atoms with Crippen LogP contribution in [-0.2, 0) is 11.3 Å². The highest BCUT2D eigenvalue weighted by Crippen LogP contribution is 2.34. The lowest BCUT2D eigenvalue weighted by Crippen LogP contribution is -2.36. The first kappa shape index (κ1) is 18.3. The Morgan fingerprint density at radius 2 is 1.86 bits per heavy atom. The van der Waals surface area contributed by atoms with Gasteiger partial charge < -0.3 is 14.8 Å². The number of carbonyl (C=O) groups is 1. The summed E-state index contributed by atoms with van der Waals surface area (Å²) in [6.07, 6.45) is 4.36. The van der Waals surface area contributed by atoms with E-state index in [9.17, 15) is 9.59 Å². The normalized spacial score (nSPS) is 14.7. The van der Waals surface area contributed by atoms with Crippen molar-refractivity contribution in [1.82, 2.24) is 19.5 Å². The molecule has 148 valence electrons. The molecule has 1 aromatic carbocycles. The van der Waals surface area contributed by atoms with Crippen LogP contribution in [0.2, 0.25) is 0 Å². The first-order valence-electron chi connectivity index (χ1n) is 9.46. The lowest BCUT2D eigenvalue weighted by atomic mass is 10.2. The minimum absolute atomic E-state index is 0.0569. The molecule has 1 saturated carbocycles. The van der Waals surface area contributed by atoms with Gasteiger partial charge in [0.15, 0.2) is 17.1 Å². The van der Waals surface area contributed by atoms with Gasteiger partial charge in [-0.1, -0.05) is 12.8 Å². The van der Waals surface area contributed by atoms with Crippen LogP contribution < -0.4 is 20.3 Å². The monoisotopic (exact) mass is 384 g/mol. The lowest BCUT2D eigenvalue weighted by Gasteiger charge is -2.15. The fourth-order valence-electron chi connectivity index (χ4n) is 4.07. The highest BCUT2D eigenvalue weighted by atomic mass is 16.5. The summed E-state index contributed by atoms with van der Waals surface area (Å²) in [6, 6.07) is 5.31. The molecule has 8 heteroatoms. The van der Waals surface area contributed by atoms with Crippen molar-refractivity contribution in [2.24, 2.45) is 0 Å². The molecule has 0 saturated heterocycles. The van der Waals surface area contributed by atoms with Gasteiger partial charge in [0.05, 0.1) is 19.7 Å². The topological polar surface area (TPSA) is 86.9 Å². The predicted molar refractivity (Wildman–Crippen MR) is 105 cm³/mol. The first-order valence-corrected chi connectivity index (χ1v) is 9.46. The van der Waals surface area contributed by atoms with Crippen molar-refractivity contribution in [3.63, 3.8) is 0 Å². The van der Waals surface area contributed by atoms with Gasteiger partial charge in [-0.2, -0.15) is 4.98 Å². The molecule has 1 N–H and O–H groups in total. The zero-order chi connectivity index (χ0) is 19.8. The Labute approximate surface area is 162 Å². The Kier molecular flexibility index (Phi) is 4.70. The molecule has 0 unspecified atom stereocenters. The number of amides is 1. The third kappa shape index (κ3) is 3.08. The third-order valence-corrected chi connectivity index (χ3v) is 5.36. The van der Waals surface area contributed by atoms with Crippen LogP contribution in [0.3, 0.4) is 0 Å². The van der Waals surface area contributed by atoms with Crippen molar-refractivity contribution < 1.29 is 14.3 Å². The molecule has 1 aliphatic carbocycles. The first-order chi connectivity index (χ1) is 13.5. The molecule has 1 fully saturated rings. The molecule has 0 bridgehead atoms. The van der Waals surface area contributed by atoms with Gasteiger partial charge in [0.25, 0.3) is 5.56 Å². The van der Waals surface area contributed by atoms with E-state index >= 15 is 0 Å². The molecule has 2 aromatic heterocycles. The third-order valence-electron chi connectivity index (χ3n) is 5.36. The molecule has 8 nitrogen and oxygen atoms in total. The number of carbonyl (C=O) groups excluding carboxylic acids is 1. The number of ether oxygens (including phenoxy) is 2. The largest absolute Gasteiger partial charge is 0.493 e. The predicted octanol–water partition coefficient (Wildman–Crippen LogP) is 2.03. The van der Waals surface area contributed by atoms with Crippen LogP contribution in [0.5, 0.6) is 11.5 Å². The average Bonchev–Trinajstić information content (AvgIpc) is 3.27. The molecule has 1 amide bonds. The van der Waals surface area contributed by atoms with Crippen LogP contribution in [0, 0.1) is 6.92 Å². The van der Waals surface area contributed by atoms with E-state index in [4.69, 9.17) is 9.47 Å². The Hall–Kier alpha value is -3.03. The standard InChI is InChI=1S/C20H24N4O4/c1-12-8-18(25)22-20-14-9-16(27-2)17(28-3)10-15(14)23(24(12)20)11-19(26)21-13-6-4-5-7-13/h8-10,13H,4-7,11H2,1-3H3,(H,21,26). The van der Waals surface area contributed by atoms with E-state index in [1.807, 2.05) is 17.7 Å². The summed E-state index contributed by atoms with van der Waals surface area (Å²) in [4.78, 5) is 28.9. The van der Waals surface area contributed by atoms with E-state index in [-0.39, 0.29) is 24.1 Å². The molecule has 2 heterocycles. The van der Waals surface area contributed by atoms with Crippen molar-refractivity contribution in [3.05, 3.63) is 34.2 Å². The molecule has 0 spiro atoms. The summed E-state index contributed by atoms with van der Waals surface area (Å²) in [5, 5.41) is 3.85. The maximum absolute atomic E-state index is 12.7. The highest BCUT2D eigenvalue weighted by molar-refractivity contribution is 5.96. The van der Waals surface area contributed by atoms with Crippen molar-refractivity contribution >= 4 is 22.5 Å². The average molecular weight is 384 g/mol. The summed E-state index contributed by atoms with van der Waals surface area (Å²) in [6.45, 7) is 1.95. The molecule has 0 aliphatic heterocycles. The van der Waals surface area contributed by atoms with E-state index in [0.717, 1.165) is 36.6 Å². The van der Waals surface area contributed by atoms with Crippen LogP contribution in [0.1, 0.15) is 31.4 Å². The summed E-state index contributed by atoms with van der Waals surface area (Å²) < 4.78 is 14.5. The van der Waals surface area contributed by atoms with Gasteiger partial charge in [0.1, 0.15) is 6.54 Å². The number of nitrogens with zero attached hydrogens (tertiary/aromatic N) is 3. The number of hydrogen-bond acceptors (Lipinski definition) is 5. The van der Waals surface area contributed by atoms with Crippen LogP contribution in [0.4, 0.5) is 0 Å². The van der Waals surface area contributed by atoms with Crippen molar-refractivity contribution in [3.8, 4) is 11.5 Å². The van der Waals surface area contributed by atoms with Crippen molar-refractivity contribution in [2.45, 2.75) is 45.2 Å². The Balaban J connectivity index is 1.88. The van der Waals surface area contributed by atoms with Crippen LogP contribution >= 0.6 is 0 Å². The second kappa shape index (κ2) is 7.18. The quantitative estimate of drug-likeness (QED) is 0.727. The molecule has 28 heavy (non-hydrogen) atoms. The van der Waals surface area contributed by atoms with Gasteiger partial charge in [0.2, 0.25) is 5.91 Å². The minimum atomic E-state index is -0.318. The molecule has 0 atom stereocenters. The maximum atomic E-state index is 12.7. The van der Waals surface area contributed by atoms with Gasteiger partial charge >= 0.3 is 0 Å².